The molecule has 0 atom stereocenters. The van der Waals surface area contributed by atoms with Crippen molar-refractivity contribution in [1.29, 1.82) is 0 Å². The van der Waals surface area contributed by atoms with E-state index in [9.17, 15) is 0 Å². The van der Waals surface area contributed by atoms with E-state index >= 15 is 0 Å². The molecule has 0 unspecified atom stereocenters. The van der Waals surface area contributed by atoms with Crippen LogP contribution in [0.1, 0.15) is 19.6 Å². The zero-order valence-corrected chi connectivity index (χ0v) is 15.2. The minimum atomic E-state index is 0.728. The molecule has 3 rings (SSSR count). The molecule has 0 bridgehead atoms. The van der Waals surface area contributed by atoms with Crippen molar-refractivity contribution < 1.29 is 4.42 Å². The van der Waals surface area contributed by atoms with Crippen molar-refractivity contribution in [2.24, 2.45) is 4.99 Å². The van der Waals surface area contributed by atoms with E-state index in [1.54, 1.807) is 12.4 Å². The van der Waals surface area contributed by atoms with Crippen molar-refractivity contribution in [1.82, 2.24) is 4.98 Å². The van der Waals surface area contributed by atoms with E-state index in [0.717, 1.165) is 34.7 Å². The molecule has 0 fully saturated rings. The fraction of sp³-hybridized carbons (Fsp3) is 0.200. The molecule has 0 N–H and O–H groups in total. The predicted octanol–water partition coefficient (Wildman–Crippen LogP) is 5.42. The summed E-state index contributed by atoms with van der Waals surface area (Å²) < 4.78 is 5.77. The lowest BCUT2D eigenvalue weighted by molar-refractivity contribution is 0.469. The smallest absolute Gasteiger partial charge is 0.167 e. The van der Waals surface area contributed by atoms with Gasteiger partial charge in [-0.25, -0.2) is 4.98 Å². The van der Waals surface area contributed by atoms with E-state index in [4.69, 9.17) is 4.42 Å². The Kier molecular flexibility index (Phi) is 5.90. The highest BCUT2D eigenvalue weighted by atomic mass is 32.2. The van der Waals surface area contributed by atoms with Gasteiger partial charge in [-0.2, -0.15) is 0 Å². The van der Waals surface area contributed by atoms with Gasteiger partial charge in [0.05, 0.1) is 11.9 Å². The zero-order chi connectivity index (χ0) is 17.5. The molecule has 128 valence electrons. The van der Waals surface area contributed by atoms with E-state index in [2.05, 4.69) is 40.9 Å². The molecular weight excluding hydrogens is 330 g/mol. The van der Waals surface area contributed by atoms with Crippen molar-refractivity contribution in [2.75, 3.05) is 18.0 Å². The standard InChI is InChI=1S/C20H21N3OS/c1-3-23(4-2)17-10-8-16(9-11-17)22-15-18-12-13-20(24-18)25-19-7-5-6-14-21-19/h5-15H,3-4H2,1-2H3. The summed E-state index contributed by atoms with van der Waals surface area (Å²) in [6.45, 7) is 6.32. The zero-order valence-electron chi connectivity index (χ0n) is 14.4. The van der Waals surface area contributed by atoms with Crippen LogP contribution < -0.4 is 4.90 Å². The summed E-state index contributed by atoms with van der Waals surface area (Å²) in [6.07, 6.45) is 3.52. The highest BCUT2D eigenvalue weighted by Crippen LogP contribution is 2.27. The molecule has 5 heteroatoms. The highest BCUT2D eigenvalue weighted by molar-refractivity contribution is 7.99. The first kappa shape index (κ1) is 17.3. The van der Waals surface area contributed by atoms with Gasteiger partial charge in [0.1, 0.15) is 10.8 Å². The van der Waals surface area contributed by atoms with Crippen LogP contribution in [0, 0.1) is 0 Å². The molecule has 0 amide bonds. The molecule has 2 heterocycles. The van der Waals surface area contributed by atoms with Gasteiger partial charge in [-0.05, 0) is 74.1 Å². The third-order valence-corrected chi connectivity index (χ3v) is 4.64. The summed E-state index contributed by atoms with van der Waals surface area (Å²) in [4.78, 5) is 11.1. The van der Waals surface area contributed by atoms with Gasteiger partial charge in [0.25, 0.3) is 0 Å². The largest absolute Gasteiger partial charge is 0.448 e. The Bertz CT molecular complexity index is 808. The highest BCUT2D eigenvalue weighted by Gasteiger charge is 2.04. The first-order valence-electron chi connectivity index (χ1n) is 8.36. The van der Waals surface area contributed by atoms with Gasteiger partial charge in [0, 0.05) is 25.0 Å². The maximum atomic E-state index is 5.77. The van der Waals surface area contributed by atoms with Gasteiger partial charge in [-0.3, -0.25) is 4.99 Å². The molecule has 1 aromatic carbocycles. The first-order valence-corrected chi connectivity index (χ1v) is 9.18. The van der Waals surface area contributed by atoms with Crippen molar-refractivity contribution in [3.05, 3.63) is 66.6 Å². The third kappa shape index (κ3) is 4.73. The van der Waals surface area contributed by atoms with Gasteiger partial charge in [-0.1, -0.05) is 6.07 Å². The van der Waals surface area contributed by atoms with Gasteiger partial charge >= 0.3 is 0 Å². The van der Waals surface area contributed by atoms with Crippen LogP contribution in [0.4, 0.5) is 11.4 Å². The summed E-state index contributed by atoms with van der Waals surface area (Å²) >= 11 is 1.50. The van der Waals surface area contributed by atoms with Gasteiger partial charge < -0.3 is 9.32 Å². The first-order chi connectivity index (χ1) is 12.3. The normalized spacial score (nSPS) is 11.1. The second-order valence-corrected chi connectivity index (χ2v) is 6.40. The Morgan fingerprint density at radius 3 is 2.52 bits per heavy atom. The lowest BCUT2D eigenvalue weighted by atomic mass is 10.2. The van der Waals surface area contributed by atoms with Crippen molar-refractivity contribution in [3.8, 4) is 0 Å². The number of rotatable bonds is 7. The predicted molar refractivity (Wildman–Crippen MR) is 104 cm³/mol. The van der Waals surface area contributed by atoms with Gasteiger partial charge in [0.15, 0.2) is 5.09 Å². The monoisotopic (exact) mass is 351 g/mol. The second-order valence-electron chi connectivity index (χ2n) is 5.37. The van der Waals surface area contributed by atoms with Crippen molar-refractivity contribution >= 4 is 29.4 Å². The van der Waals surface area contributed by atoms with Crippen LogP contribution in [0.15, 0.2) is 80.3 Å². The fourth-order valence-corrected chi connectivity index (χ4v) is 3.19. The summed E-state index contributed by atoms with van der Waals surface area (Å²) in [6, 6.07) is 17.9. The Morgan fingerprint density at radius 1 is 1.04 bits per heavy atom. The SMILES string of the molecule is CCN(CC)c1ccc(N=Cc2ccc(Sc3ccccn3)o2)cc1. The molecular formula is C20H21N3OS. The van der Waals surface area contributed by atoms with E-state index in [1.165, 1.54) is 17.4 Å². The topological polar surface area (TPSA) is 41.6 Å². The van der Waals surface area contributed by atoms with Crippen molar-refractivity contribution in [3.63, 3.8) is 0 Å². The minimum absolute atomic E-state index is 0.728. The Balaban J connectivity index is 1.64. The summed E-state index contributed by atoms with van der Waals surface area (Å²) in [5.74, 6) is 0.728. The molecule has 25 heavy (non-hydrogen) atoms. The molecule has 0 radical (unpaired) electrons. The van der Waals surface area contributed by atoms with E-state index < -0.39 is 0 Å². The van der Waals surface area contributed by atoms with Gasteiger partial charge in [-0.15, -0.1) is 0 Å². The molecule has 0 saturated heterocycles. The maximum Gasteiger partial charge on any atom is 0.167 e. The molecule has 0 spiro atoms. The average molecular weight is 351 g/mol. The van der Waals surface area contributed by atoms with E-state index in [1.807, 2.05) is 42.5 Å². The lowest BCUT2D eigenvalue weighted by Gasteiger charge is -2.20. The summed E-state index contributed by atoms with van der Waals surface area (Å²) in [7, 11) is 0. The summed E-state index contributed by atoms with van der Waals surface area (Å²) in [5, 5.41) is 1.71. The molecule has 2 aromatic heterocycles. The van der Waals surface area contributed by atoms with Crippen molar-refractivity contribution in [2.45, 2.75) is 24.0 Å². The minimum Gasteiger partial charge on any atom is -0.448 e. The lowest BCUT2D eigenvalue weighted by Crippen LogP contribution is -2.21. The van der Waals surface area contributed by atoms with Crippen LogP contribution in [0.5, 0.6) is 0 Å². The number of hydrogen-bond acceptors (Lipinski definition) is 5. The molecule has 3 aromatic rings. The van der Waals surface area contributed by atoms with E-state index in [-0.39, 0.29) is 0 Å². The van der Waals surface area contributed by atoms with Crippen LogP contribution in [0.25, 0.3) is 0 Å². The van der Waals surface area contributed by atoms with E-state index in [0.29, 0.717) is 0 Å². The fourth-order valence-electron chi connectivity index (χ4n) is 2.45. The molecule has 0 aliphatic rings. The van der Waals surface area contributed by atoms with Crippen LogP contribution in [-0.4, -0.2) is 24.3 Å². The molecule has 4 nitrogen and oxygen atoms in total. The molecule has 0 aliphatic heterocycles. The van der Waals surface area contributed by atoms with Gasteiger partial charge in [0.2, 0.25) is 0 Å². The number of anilines is 1. The average Bonchev–Trinajstić information content (AvgIpc) is 3.10. The quantitative estimate of drug-likeness (QED) is 0.533. The second kappa shape index (κ2) is 8.53. The number of aliphatic imine (C=N–C) groups is 1. The number of nitrogens with zero attached hydrogens (tertiary/aromatic N) is 3. The number of pyridine rings is 1. The number of furan rings is 1. The number of hydrogen-bond donors (Lipinski definition) is 0. The molecule has 0 saturated carbocycles. The number of benzene rings is 1. The van der Waals surface area contributed by atoms with Crippen LogP contribution in [0.3, 0.4) is 0 Å². The third-order valence-electron chi connectivity index (χ3n) is 3.76. The van der Waals surface area contributed by atoms with Crippen LogP contribution in [-0.2, 0) is 0 Å². The van der Waals surface area contributed by atoms with Crippen LogP contribution >= 0.6 is 11.8 Å². The summed E-state index contributed by atoms with van der Waals surface area (Å²) in [5.41, 5.74) is 2.13. The Labute approximate surface area is 152 Å². The number of aromatic nitrogens is 1. The molecule has 0 aliphatic carbocycles. The Morgan fingerprint density at radius 2 is 1.84 bits per heavy atom. The Hall–Kier alpha value is -2.53. The maximum absolute atomic E-state index is 5.77. The van der Waals surface area contributed by atoms with Crippen LogP contribution in [0.2, 0.25) is 0 Å².